The average Bonchev–Trinajstić information content (AvgIpc) is 2.94. The van der Waals surface area contributed by atoms with Gasteiger partial charge in [0, 0.05) is 25.7 Å². The highest BCUT2D eigenvalue weighted by Crippen LogP contribution is 2.24. The minimum Gasteiger partial charge on any atom is -0.351 e. The molecule has 5 heteroatoms. The van der Waals surface area contributed by atoms with E-state index in [1.165, 1.54) is 18.6 Å². The van der Waals surface area contributed by atoms with Gasteiger partial charge in [-0.15, -0.1) is 0 Å². The third-order valence-electron chi connectivity index (χ3n) is 4.51. The van der Waals surface area contributed by atoms with E-state index in [1.54, 1.807) is 12.1 Å². The molecule has 1 aromatic carbocycles. The number of nitrogens with zero attached hydrogens (tertiary/aromatic N) is 1. The Bertz CT molecular complexity index is 491. The Kier molecular flexibility index (Phi) is 4.51. The van der Waals surface area contributed by atoms with E-state index < -0.39 is 0 Å². The summed E-state index contributed by atoms with van der Waals surface area (Å²) in [5.41, 5.74) is 0.920. The third kappa shape index (κ3) is 3.80. The van der Waals surface area contributed by atoms with Gasteiger partial charge in [-0.3, -0.25) is 9.69 Å². The van der Waals surface area contributed by atoms with Crippen molar-refractivity contribution in [3.63, 3.8) is 0 Å². The number of likely N-dealkylation sites (tertiary alicyclic amines) is 1. The maximum atomic E-state index is 12.8. The van der Waals surface area contributed by atoms with E-state index in [0.29, 0.717) is 25.0 Å². The fraction of sp³-hybridized carbons (Fsp3) is 0.562. The van der Waals surface area contributed by atoms with Crippen molar-refractivity contribution < 1.29 is 9.18 Å². The van der Waals surface area contributed by atoms with Gasteiger partial charge in [-0.25, -0.2) is 4.39 Å². The second-order valence-corrected chi connectivity index (χ2v) is 6.04. The second-order valence-electron chi connectivity index (χ2n) is 6.04. The van der Waals surface area contributed by atoms with Crippen LogP contribution in [0.25, 0.3) is 0 Å². The molecule has 2 aliphatic rings. The van der Waals surface area contributed by atoms with Crippen LogP contribution in [0.5, 0.6) is 0 Å². The lowest BCUT2D eigenvalue weighted by Crippen LogP contribution is -2.47. The Morgan fingerprint density at radius 1 is 1.33 bits per heavy atom. The summed E-state index contributed by atoms with van der Waals surface area (Å²) in [6.45, 7) is 4.03. The van der Waals surface area contributed by atoms with Gasteiger partial charge >= 0.3 is 0 Å². The number of amides is 1. The Morgan fingerprint density at radius 3 is 2.95 bits per heavy atom. The molecular formula is C16H22FN3O. The predicted octanol–water partition coefficient (Wildman–Crippen LogP) is 1.13. The first kappa shape index (κ1) is 14.5. The molecule has 0 aromatic heterocycles. The quantitative estimate of drug-likeness (QED) is 0.874. The monoisotopic (exact) mass is 291 g/mol. The molecule has 0 bridgehead atoms. The molecule has 3 rings (SSSR count). The number of fused-ring (bicyclic) bond motifs is 1. The summed E-state index contributed by atoms with van der Waals surface area (Å²) in [4.78, 5) is 14.2. The van der Waals surface area contributed by atoms with Gasteiger partial charge in [-0.1, -0.05) is 12.1 Å². The molecule has 1 amide bonds. The van der Waals surface area contributed by atoms with E-state index >= 15 is 0 Å². The van der Waals surface area contributed by atoms with Crippen LogP contribution >= 0.6 is 0 Å². The Hall–Kier alpha value is -1.46. The molecule has 0 aliphatic carbocycles. The van der Waals surface area contributed by atoms with Crippen LogP contribution in [0.4, 0.5) is 4.39 Å². The van der Waals surface area contributed by atoms with E-state index in [1.807, 2.05) is 0 Å². The van der Waals surface area contributed by atoms with Crippen LogP contribution in [-0.2, 0) is 11.3 Å². The molecule has 2 heterocycles. The minimum absolute atomic E-state index is 0.0451. The Balaban J connectivity index is 1.43. The number of rotatable bonds is 4. The first-order chi connectivity index (χ1) is 10.2. The van der Waals surface area contributed by atoms with E-state index in [0.717, 1.165) is 31.6 Å². The van der Waals surface area contributed by atoms with Crippen molar-refractivity contribution in [2.45, 2.75) is 25.4 Å². The van der Waals surface area contributed by atoms with Gasteiger partial charge in [0.05, 0.1) is 6.54 Å². The van der Waals surface area contributed by atoms with E-state index in [9.17, 15) is 9.18 Å². The second kappa shape index (κ2) is 6.54. The topological polar surface area (TPSA) is 44.4 Å². The maximum Gasteiger partial charge on any atom is 0.234 e. The zero-order chi connectivity index (χ0) is 14.7. The van der Waals surface area contributed by atoms with Crippen molar-refractivity contribution in [2.24, 2.45) is 5.92 Å². The fourth-order valence-corrected chi connectivity index (χ4v) is 3.33. The highest BCUT2D eigenvalue weighted by atomic mass is 19.1. The molecule has 4 nitrogen and oxygen atoms in total. The number of carbonyl (C=O) groups excluding carboxylic acids is 1. The van der Waals surface area contributed by atoms with Crippen LogP contribution < -0.4 is 10.6 Å². The van der Waals surface area contributed by atoms with E-state index in [2.05, 4.69) is 15.5 Å². The lowest BCUT2D eigenvalue weighted by Gasteiger charge is -2.34. The SMILES string of the molecule is O=C(CN1CCC2NCCC2C1)NCc1ccc(F)cc1. The molecule has 2 unspecified atom stereocenters. The van der Waals surface area contributed by atoms with Crippen molar-refractivity contribution in [3.05, 3.63) is 35.6 Å². The van der Waals surface area contributed by atoms with Gasteiger partial charge in [0.1, 0.15) is 5.82 Å². The summed E-state index contributed by atoms with van der Waals surface area (Å²) >= 11 is 0. The number of piperidine rings is 1. The van der Waals surface area contributed by atoms with Gasteiger partial charge in [0.25, 0.3) is 0 Å². The standard InChI is InChI=1S/C16H22FN3O/c17-14-3-1-12(2-4-14)9-19-16(21)11-20-8-6-15-13(10-20)5-7-18-15/h1-4,13,15,18H,5-11H2,(H,19,21). The van der Waals surface area contributed by atoms with Gasteiger partial charge in [0.2, 0.25) is 5.91 Å². The summed E-state index contributed by atoms with van der Waals surface area (Å²) in [6.07, 6.45) is 2.36. The fourth-order valence-electron chi connectivity index (χ4n) is 3.33. The zero-order valence-corrected chi connectivity index (χ0v) is 12.1. The van der Waals surface area contributed by atoms with Crippen molar-refractivity contribution in [2.75, 3.05) is 26.2 Å². The van der Waals surface area contributed by atoms with Gasteiger partial charge in [-0.2, -0.15) is 0 Å². The number of nitrogens with one attached hydrogen (secondary N) is 2. The summed E-state index contributed by atoms with van der Waals surface area (Å²) in [5, 5.41) is 6.43. The third-order valence-corrected chi connectivity index (χ3v) is 4.51. The smallest absolute Gasteiger partial charge is 0.234 e. The van der Waals surface area contributed by atoms with E-state index in [-0.39, 0.29) is 11.7 Å². The number of hydrogen-bond acceptors (Lipinski definition) is 3. The molecule has 0 radical (unpaired) electrons. The summed E-state index contributed by atoms with van der Waals surface area (Å²) in [7, 11) is 0. The maximum absolute atomic E-state index is 12.8. The molecule has 2 saturated heterocycles. The summed E-state index contributed by atoms with van der Waals surface area (Å²) < 4.78 is 12.8. The highest BCUT2D eigenvalue weighted by Gasteiger charge is 2.32. The van der Waals surface area contributed by atoms with Gasteiger partial charge < -0.3 is 10.6 Å². The van der Waals surface area contributed by atoms with Crippen LogP contribution in [0.3, 0.4) is 0 Å². The first-order valence-electron chi connectivity index (χ1n) is 7.67. The van der Waals surface area contributed by atoms with Crippen molar-refractivity contribution in [1.82, 2.24) is 15.5 Å². The molecule has 2 atom stereocenters. The molecule has 1 aromatic rings. The van der Waals surface area contributed by atoms with Crippen LogP contribution in [0, 0.1) is 11.7 Å². The average molecular weight is 291 g/mol. The van der Waals surface area contributed by atoms with Crippen LogP contribution in [-0.4, -0.2) is 43.0 Å². The van der Waals surface area contributed by atoms with Crippen LogP contribution in [0.15, 0.2) is 24.3 Å². The van der Waals surface area contributed by atoms with Gasteiger partial charge in [0.15, 0.2) is 0 Å². The van der Waals surface area contributed by atoms with Crippen molar-refractivity contribution in [1.29, 1.82) is 0 Å². The summed E-state index contributed by atoms with van der Waals surface area (Å²) in [6, 6.07) is 6.89. The molecule has 21 heavy (non-hydrogen) atoms. The number of benzene rings is 1. The Labute approximate surface area is 124 Å². The Morgan fingerprint density at radius 2 is 2.14 bits per heavy atom. The molecule has 0 spiro atoms. The van der Waals surface area contributed by atoms with E-state index in [4.69, 9.17) is 0 Å². The molecule has 2 fully saturated rings. The molecule has 2 aliphatic heterocycles. The minimum atomic E-state index is -0.252. The first-order valence-corrected chi connectivity index (χ1v) is 7.67. The van der Waals surface area contributed by atoms with Crippen molar-refractivity contribution in [3.8, 4) is 0 Å². The number of halogens is 1. The van der Waals surface area contributed by atoms with Crippen LogP contribution in [0.1, 0.15) is 18.4 Å². The van der Waals surface area contributed by atoms with Gasteiger partial charge in [-0.05, 0) is 43.0 Å². The highest BCUT2D eigenvalue weighted by molar-refractivity contribution is 5.78. The molecule has 114 valence electrons. The normalized spacial score (nSPS) is 25.6. The zero-order valence-electron chi connectivity index (χ0n) is 12.1. The lowest BCUT2D eigenvalue weighted by atomic mass is 9.93. The molecule has 2 N–H and O–H groups in total. The molecular weight excluding hydrogens is 269 g/mol. The number of carbonyl (C=O) groups is 1. The van der Waals surface area contributed by atoms with Crippen LogP contribution in [0.2, 0.25) is 0 Å². The molecule has 0 saturated carbocycles. The summed E-state index contributed by atoms with van der Waals surface area (Å²) in [5.74, 6) is 0.491. The number of hydrogen-bond donors (Lipinski definition) is 2. The lowest BCUT2D eigenvalue weighted by molar-refractivity contribution is -0.122. The van der Waals surface area contributed by atoms with Crippen molar-refractivity contribution >= 4 is 5.91 Å². The largest absolute Gasteiger partial charge is 0.351 e. The predicted molar refractivity (Wildman–Crippen MR) is 79.2 cm³/mol.